The zero-order valence-corrected chi connectivity index (χ0v) is 21.2. The van der Waals surface area contributed by atoms with Crippen LogP contribution in [0.1, 0.15) is 42.6 Å². The number of likely N-dealkylation sites (N-methyl/N-ethyl adjacent to an activating group) is 1. The van der Waals surface area contributed by atoms with E-state index in [1.54, 1.807) is 37.3 Å². The van der Waals surface area contributed by atoms with E-state index in [0.717, 1.165) is 25.9 Å². The van der Waals surface area contributed by atoms with Crippen molar-refractivity contribution in [2.75, 3.05) is 39.2 Å². The minimum absolute atomic E-state index is 0.0286. The van der Waals surface area contributed by atoms with Gasteiger partial charge in [-0.15, -0.1) is 0 Å². The predicted molar refractivity (Wildman–Crippen MR) is 137 cm³/mol. The number of carbonyl (C=O) groups excluding carboxylic acids is 2. The molecule has 1 aliphatic carbocycles. The normalized spacial score (nSPS) is 24.1. The summed E-state index contributed by atoms with van der Waals surface area (Å²) < 4.78 is 12.1. The zero-order valence-electron chi connectivity index (χ0n) is 21.2. The largest absolute Gasteiger partial charge is 0.491 e. The number of anilines is 1. The Morgan fingerprint density at radius 3 is 2.54 bits per heavy atom. The third-order valence-electron chi connectivity index (χ3n) is 7.02. The first-order chi connectivity index (χ1) is 16.9. The molecule has 1 aliphatic heterocycles. The van der Waals surface area contributed by atoms with Gasteiger partial charge >= 0.3 is 0 Å². The van der Waals surface area contributed by atoms with Crippen LogP contribution in [-0.4, -0.2) is 67.6 Å². The molecular formula is C28H37N3O4. The minimum atomic E-state index is -0.122. The summed E-state index contributed by atoms with van der Waals surface area (Å²) in [6.07, 6.45) is 1.77. The average molecular weight is 480 g/mol. The van der Waals surface area contributed by atoms with E-state index in [2.05, 4.69) is 48.3 Å². The Bertz CT molecular complexity index is 1020. The lowest BCUT2D eigenvalue weighted by atomic mass is 10.0. The third-order valence-corrected chi connectivity index (χ3v) is 7.02. The molecule has 0 radical (unpaired) electrons. The Morgan fingerprint density at radius 2 is 1.86 bits per heavy atom. The van der Waals surface area contributed by atoms with Crippen molar-refractivity contribution in [1.29, 1.82) is 0 Å². The van der Waals surface area contributed by atoms with Gasteiger partial charge in [-0.2, -0.15) is 0 Å². The molecule has 2 aromatic rings. The molecule has 0 spiro atoms. The highest BCUT2D eigenvalue weighted by Gasteiger charge is 2.31. The molecule has 0 unspecified atom stereocenters. The molecule has 1 heterocycles. The van der Waals surface area contributed by atoms with Gasteiger partial charge in [-0.1, -0.05) is 37.3 Å². The number of benzene rings is 2. The Labute approximate surface area is 208 Å². The number of fused-ring (bicyclic) bond motifs is 1. The van der Waals surface area contributed by atoms with Crippen LogP contribution in [0.3, 0.4) is 0 Å². The highest BCUT2D eigenvalue weighted by molar-refractivity contribution is 5.99. The maximum atomic E-state index is 13.4. The Morgan fingerprint density at radius 1 is 1.11 bits per heavy atom. The number of methoxy groups -OCH3 is 1. The number of ether oxygens (including phenoxy) is 2. The van der Waals surface area contributed by atoms with Gasteiger partial charge < -0.3 is 19.7 Å². The van der Waals surface area contributed by atoms with Crippen LogP contribution < -0.4 is 10.1 Å². The first-order valence-corrected chi connectivity index (χ1v) is 12.5. The average Bonchev–Trinajstić information content (AvgIpc) is 3.71. The molecule has 2 amide bonds. The molecular weight excluding hydrogens is 442 g/mol. The summed E-state index contributed by atoms with van der Waals surface area (Å²) in [6.45, 7) is 6.82. The zero-order chi connectivity index (χ0) is 24.9. The second-order valence-electron chi connectivity index (χ2n) is 9.99. The summed E-state index contributed by atoms with van der Waals surface area (Å²) in [5.41, 5.74) is 2.38. The maximum Gasteiger partial charge on any atom is 0.257 e. The monoisotopic (exact) mass is 479 g/mol. The van der Waals surface area contributed by atoms with E-state index in [9.17, 15) is 9.59 Å². The fourth-order valence-corrected chi connectivity index (χ4v) is 4.55. The number of nitrogens with one attached hydrogen (secondary N) is 1. The lowest BCUT2D eigenvalue weighted by Crippen LogP contribution is -2.46. The van der Waals surface area contributed by atoms with Gasteiger partial charge in [0.1, 0.15) is 12.4 Å². The SMILES string of the molecule is CO[C@H]1CN(C)C(=O)c2ccc(NC(=O)C3CC3)cc2OC[C@H](C)N(Cc2ccccc2)C[C@@H]1C. The summed E-state index contributed by atoms with van der Waals surface area (Å²) in [5.74, 6) is 0.707. The van der Waals surface area contributed by atoms with Crippen molar-refractivity contribution in [3.05, 3.63) is 59.7 Å². The Balaban J connectivity index is 1.62. The third kappa shape index (κ3) is 6.41. The predicted octanol–water partition coefficient (Wildman–Crippen LogP) is 4.04. The molecule has 35 heavy (non-hydrogen) atoms. The minimum Gasteiger partial charge on any atom is -0.491 e. The van der Waals surface area contributed by atoms with Gasteiger partial charge in [0.25, 0.3) is 5.91 Å². The Kier molecular flexibility index (Phi) is 8.08. The van der Waals surface area contributed by atoms with Crippen LogP contribution in [0, 0.1) is 11.8 Å². The summed E-state index contributed by atoms with van der Waals surface area (Å²) in [5, 5.41) is 2.97. The highest BCUT2D eigenvalue weighted by Crippen LogP contribution is 2.32. The number of hydrogen-bond donors (Lipinski definition) is 1. The molecule has 1 saturated carbocycles. The molecule has 2 aliphatic rings. The van der Waals surface area contributed by atoms with Gasteiger partial charge in [0.2, 0.25) is 5.91 Å². The van der Waals surface area contributed by atoms with Crippen molar-refractivity contribution < 1.29 is 19.1 Å². The van der Waals surface area contributed by atoms with E-state index in [1.807, 2.05) is 6.07 Å². The molecule has 4 rings (SSSR count). The molecule has 1 fully saturated rings. The number of rotatable bonds is 5. The lowest BCUT2D eigenvalue weighted by Gasteiger charge is -2.36. The number of amides is 2. The second-order valence-corrected chi connectivity index (χ2v) is 9.99. The quantitative estimate of drug-likeness (QED) is 0.701. The molecule has 0 saturated heterocycles. The highest BCUT2D eigenvalue weighted by atomic mass is 16.5. The van der Waals surface area contributed by atoms with Crippen LogP contribution in [0.4, 0.5) is 5.69 Å². The lowest BCUT2D eigenvalue weighted by molar-refractivity contribution is -0.117. The van der Waals surface area contributed by atoms with Gasteiger partial charge in [-0.25, -0.2) is 0 Å². The molecule has 3 atom stereocenters. The number of hydrogen-bond acceptors (Lipinski definition) is 5. The van der Waals surface area contributed by atoms with Crippen LogP contribution in [0.15, 0.2) is 48.5 Å². The summed E-state index contributed by atoms with van der Waals surface area (Å²) in [4.78, 5) is 29.7. The van der Waals surface area contributed by atoms with Crippen molar-refractivity contribution in [3.63, 3.8) is 0 Å². The fraction of sp³-hybridized carbons (Fsp3) is 0.500. The molecule has 1 N–H and O–H groups in total. The first-order valence-electron chi connectivity index (χ1n) is 12.5. The van der Waals surface area contributed by atoms with Gasteiger partial charge in [-0.3, -0.25) is 14.5 Å². The Hall–Kier alpha value is -2.90. The smallest absolute Gasteiger partial charge is 0.257 e. The van der Waals surface area contributed by atoms with E-state index in [4.69, 9.17) is 9.47 Å². The van der Waals surface area contributed by atoms with Crippen LogP contribution in [0.5, 0.6) is 5.75 Å². The molecule has 7 heteroatoms. The number of carbonyl (C=O) groups is 2. The van der Waals surface area contributed by atoms with Crippen molar-refractivity contribution in [2.45, 2.75) is 45.4 Å². The summed E-state index contributed by atoms with van der Waals surface area (Å²) in [6, 6.07) is 15.8. The molecule has 0 bridgehead atoms. The first kappa shape index (κ1) is 25.2. The van der Waals surface area contributed by atoms with E-state index >= 15 is 0 Å². The van der Waals surface area contributed by atoms with Gasteiger partial charge in [0, 0.05) is 57.5 Å². The standard InChI is InChI=1S/C28H37N3O4/c1-19-15-31(16-21-8-6-5-7-9-21)20(2)18-35-25-14-23(29-27(32)22-10-11-22)12-13-24(25)28(33)30(3)17-26(19)34-4/h5-9,12-14,19-20,22,26H,10-11,15-18H2,1-4H3,(H,29,32)/t19-,20-,26-/m0/s1. The van der Waals surface area contributed by atoms with E-state index in [-0.39, 0.29) is 35.8 Å². The fourth-order valence-electron chi connectivity index (χ4n) is 4.55. The van der Waals surface area contributed by atoms with E-state index < -0.39 is 0 Å². The molecule has 0 aromatic heterocycles. The molecule has 7 nitrogen and oxygen atoms in total. The van der Waals surface area contributed by atoms with E-state index in [0.29, 0.717) is 30.2 Å². The van der Waals surface area contributed by atoms with Crippen LogP contribution in [-0.2, 0) is 16.1 Å². The summed E-state index contributed by atoms with van der Waals surface area (Å²) >= 11 is 0. The topological polar surface area (TPSA) is 71.1 Å². The van der Waals surface area contributed by atoms with E-state index in [1.165, 1.54) is 5.56 Å². The van der Waals surface area contributed by atoms with Crippen LogP contribution in [0.2, 0.25) is 0 Å². The van der Waals surface area contributed by atoms with Crippen molar-refractivity contribution in [2.24, 2.45) is 11.8 Å². The van der Waals surface area contributed by atoms with Gasteiger partial charge in [0.05, 0.1) is 11.7 Å². The second kappa shape index (κ2) is 11.2. The molecule has 2 aromatic carbocycles. The van der Waals surface area contributed by atoms with Gasteiger partial charge in [0.15, 0.2) is 0 Å². The van der Waals surface area contributed by atoms with Crippen LogP contribution in [0.25, 0.3) is 0 Å². The molecule has 188 valence electrons. The number of nitrogens with zero attached hydrogens (tertiary/aromatic N) is 2. The van der Waals surface area contributed by atoms with Crippen molar-refractivity contribution in [3.8, 4) is 5.75 Å². The van der Waals surface area contributed by atoms with Crippen molar-refractivity contribution >= 4 is 17.5 Å². The van der Waals surface area contributed by atoms with Crippen LogP contribution >= 0.6 is 0 Å². The maximum absolute atomic E-state index is 13.4. The summed E-state index contributed by atoms with van der Waals surface area (Å²) in [7, 11) is 3.51. The van der Waals surface area contributed by atoms with Gasteiger partial charge in [-0.05, 0) is 43.4 Å². The van der Waals surface area contributed by atoms with Crippen molar-refractivity contribution in [1.82, 2.24) is 9.80 Å².